The van der Waals surface area contributed by atoms with Crippen LogP contribution in [0.2, 0.25) is 5.02 Å². The maximum Gasteiger partial charge on any atom is 0.257 e. The van der Waals surface area contributed by atoms with Gasteiger partial charge in [-0.25, -0.2) is 4.98 Å². The molecule has 0 atom stereocenters. The van der Waals surface area contributed by atoms with Crippen LogP contribution in [0.15, 0.2) is 66.9 Å². The molecule has 0 saturated heterocycles. The highest BCUT2D eigenvalue weighted by Gasteiger charge is 2.07. The van der Waals surface area contributed by atoms with Crippen LogP contribution >= 0.6 is 11.6 Å². The van der Waals surface area contributed by atoms with Crippen LogP contribution in [0.25, 0.3) is 0 Å². The summed E-state index contributed by atoms with van der Waals surface area (Å²) in [6.07, 6.45) is 2.44. The van der Waals surface area contributed by atoms with Gasteiger partial charge in [-0.3, -0.25) is 4.79 Å². The van der Waals surface area contributed by atoms with Crippen molar-refractivity contribution in [3.8, 4) is 0 Å². The van der Waals surface area contributed by atoms with Crippen LogP contribution in [0.1, 0.15) is 15.9 Å². The van der Waals surface area contributed by atoms with Crippen LogP contribution in [0.5, 0.6) is 0 Å². The molecule has 0 spiro atoms. The third kappa shape index (κ3) is 5.47. The standard InChI is InChI=1S/C22H23ClN4O/c1-27(2)20-10-8-19(9-11-20)26-22(28)17-5-12-21(25-15-17)24-14-13-16-3-6-18(23)7-4-16/h3-12,15H,13-14H2,1-2H3,(H,24,25)(H,26,28). The van der Waals surface area contributed by atoms with Gasteiger partial charge in [0.15, 0.2) is 0 Å². The highest BCUT2D eigenvalue weighted by Crippen LogP contribution is 2.17. The van der Waals surface area contributed by atoms with Gasteiger partial charge in [0.2, 0.25) is 0 Å². The lowest BCUT2D eigenvalue weighted by Gasteiger charge is -2.13. The molecular formula is C22H23ClN4O. The molecule has 3 aromatic rings. The number of rotatable bonds is 7. The molecule has 0 aliphatic carbocycles. The van der Waals surface area contributed by atoms with E-state index in [1.807, 2.05) is 73.6 Å². The highest BCUT2D eigenvalue weighted by molar-refractivity contribution is 6.30. The van der Waals surface area contributed by atoms with Gasteiger partial charge in [0.05, 0.1) is 5.56 Å². The summed E-state index contributed by atoms with van der Waals surface area (Å²) in [5, 5.41) is 6.88. The predicted molar refractivity (Wildman–Crippen MR) is 117 cm³/mol. The molecule has 0 radical (unpaired) electrons. The van der Waals surface area contributed by atoms with Crippen LogP contribution < -0.4 is 15.5 Å². The fourth-order valence-electron chi connectivity index (χ4n) is 2.66. The average molecular weight is 395 g/mol. The summed E-state index contributed by atoms with van der Waals surface area (Å²) >= 11 is 5.89. The van der Waals surface area contributed by atoms with E-state index in [1.54, 1.807) is 12.3 Å². The predicted octanol–water partition coefficient (Wildman–Crippen LogP) is 4.71. The number of carbonyl (C=O) groups is 1. The van der Waals surface area contributed by atoms with E-state index in [4.69, 9.17) is 11.6 Å². The molecular weight excluding hydrogens is 372 g/mol. The van der Waals surface area contributed by atoms with Gasteiger partial charge in [0, 0.05) is 43.2 Å². The first-order valence-electron chi connectivity index (χ1n) is 9.04. The number of amides is 1. The molecule has 1 aromatic heterocycles. The summed E-state index contributed by atoms with van der Waals surface area (Å²) in [4.78, 5) is 18.7. The fraction of sp³-hybridized carbons (Fsp3) is 0.182. The topological polar surface area (TPSA) is 57.3 Å². The average Bonchev–Trinajstić information content (AvgIpc) is 2.70. The Kier molecular flexibility index (Phi) is 6.50. The van der Waals surface area contributed by atoms with Crippen LogP contribution in [-0.4, -0.2) is 31.5 Å². The molecule has 1 amide bonds. The second kappa shape index (κ2) is 9.24. The summed E-state index contributed by atoms with van der Waals surface area (Å²) < 4.78 is 0. The van der Waals surface area contributed by atoms with Crippen LogP contribution in [-0.2, 0) is 6.42 Å². The second-order valence-electron chi connectivity index (χ2n) is 6.63. The number of nitrogens with one attached hydrogen (secondary N) is 2. The van der Waals surface area contributed by atoms with Gasteiger partial charge in [0.25, 0.3) is 5.91 Å². The highest BCUT2D eigenvalue weighted by atomic mass is 35.5. The first kappa shape index (κ1) is 19.7. The van der Waals surface area contributed by atoms with E-state index in [0.29, 0.717) is 5.56 Å². The zero-order valence-electron chi connectivity index (χ0n) is 15.9. The number of carbonyl (C=O) groups excluding carboxylic acids is 1. The lowest BCUT2D eigenvalue weighted by Crippen LogP contribution is -2.13. The summed E-state index contributed by atoms with van der Waals surface area (Å²) in [5.41, 5.74) is 3.54. The van der Waals surface area contributed by atoms with Gasteiger partial charge in [0.1, 0.15) is 5.82 Å². The normalized spacial score (nSPS) is 10.4. The van der Waals surface area contributed by atoms with Crippen LogP contribution in [0.4, 0.5) is 17.2 Å². The lowest BCUT2D eigenvalue weighted by molar-refractivity contribution is 0.102. The molecule has 6 heteroatoms. The Morgan fingerprint density at radius 3 is 2.32 bits per heavy atom. The van der Waals surface area contributed by atoms with E-state index >= 15 is 0 Å². The fourth-order valence-corrected chi connectivity index (χ4v) is 2.79. The smallest absolute Gasteiger partial charge is 0.257 e. The Bertz CT molecular complexity index is 907. The molecule has 0 aliphatic heterocycles. The number of pyridine rings is 1. The summed E-state index contributed by atoms with van der Waals surface area (Å²) in [5.74, 6) is 0.554. The van der Waals surface area contributed by atoms with E-state index in [9.17, 15) is 4.79 Å². The van der Waals surface area contributed by atoms with Crippen molar-refractivity contribution in [3.05, 3.63) is 83.0 Å². The number of anilines is 3. The Hall–Kier alpha value is -3.05. The number of hydrogen-bond donors (Lipinski definition) is 2. The molecule has 0 unspecified atom stereocenters. The van der Waals surface area contributed by atoms with E-state index in [2.05, 4.69) is 15.6 Å². The monoisotopic (exact) mass is 394 g/mol. The van der Waals surface area contributed by atoms with Crippen molar-refractivity contribution >= 4 is 34.7 Å². The van der Waals surface area contributed by atoms with Crippen molar-refractivity contribution in [1.29, 1.82) is 0 Å². The van der Waals surface area contributed by atoms with Gasteiger partial charge in [-0.2, -0.15) is 0 Å². The van der Waals surface area contributed by atoms with Crippen molar-refractivity contribution in [2.75, 3.05) is 36.2 Å². The van der Waals surface area contributed by atoms with Crippen LogP contribution in [0, 0.1) is 0 Å². The Labute approximate surface area is 170 Å². The minimum absolute atomic E-state index is 0.183. The molecule has 0 aliphatic rings. The molecule has 0 bridgehead atoms. The molecule has 0 fully saturated rings. The van der Waals surface area contributed by atoms with Gasteiger partial charge < -0.3 is 15.5 Å². The number of aromatic nitrogens is 1. The molecule has 2 aromatic carbocycles. The van der Waals surface area contributed by atoms with E-state index in [1.165, 1.54) is 5.56 Å². The minimum Gasteiger partial charge on any atom is -0.378 e. The largest absolute Gasteiger partial charge is 0.378 e. The zero-order chi connectivity index (χ0) is 19.9. The summed E-state index contributed by atoms with van der Waals surface area (Å²) in [6, 6.07) is 19.1. The summed E-state index contributed by atoms with van der Waals surface area (Å²) in [6.45, 7) is 0.748. The minimum atomic E-state index is -0.183. The lowest BCUT2D eigenvalue weighted by atomic mass is 10.1. The maximum absolute atomic E-state index is 12.4. The summed E-state index contributed by atoms with van der Waals surface area (Å²) in [7, 11) is 3.95. The van der Waals surface area contributed by atoms with Gasteiger partial charge in [-0.05, 0) is 60.5 Å². The van der Waals surface area contributed by atoms with E-state index in [0.717, 1.165) is 35.2 Å². The molecule has 28 heavy (non-hydrogen) atoms. The Morgan fingerprint density at radius 2 is 1.71 bits per heavy atom. The first-order valence-corrected chi connectivity index (χ1v) is 9.42. The van der Waals surface area contributed by atoms with Crippen molar-refractivity contribution in [3.63, 3.8) is 0 Å². The number of nitrogens with zero attached hydrogens (tertiary/aromatic N) is 2. The van der Waals surface area contributed by atoms with Gasteiger partial charge in [-0.1, -0.05) is 23.7 Å². The van der Waals surface area contributed by atoms with Crippen molar-refractivity contribution in [1.82, 2.24) is 4.98 Å². The van der Waals surface area contributed by atoms with Crippen molar-refractivity contribution in [2.24, 2.45) is 0 Å². The Morgan fingerprint density at radius 1 is 1.00 bits per heavy atom. The van der Waals surface area contributed by atoms with Crippen molar-refractivity contribution in [2.45, 2.75) is 6.42 Å². The van der Waals surface area contributed by atoms with E-state index < -0.39 is 0 Å². The third-order valence-corrected chi connectivity index (χ3v) is 4.55. The SMILES string of the molecule is CN(C)c1ccc(NC(=O)c2ccc(NCCc3ccc(Cl)cc3)nc2)cc1. The zero-order valence-corrected chi connectivity index (χ0v) is 16.7. The Balaban J connectivity index is 1.51. The van der Waals surface area contributed by atoms with Crippen molar-refractivity contribution < 1.29 is 4.79 Å². The molecule has 5 nitrogen and oxygen atoms in total. The molecule has 144 valence electrons. The first-order chi connectivity index (χ1) is 13.5. The second-order valence-corrected chi connectivity index (χ2v) is 7.07. The molecule has 2 N–H and O–H groups in total. The number of hydrogen-bond acceptors (Lipinski definition) is 4. The molecule has 0 saturated carbocycles. The molecule has 1 heterocycles. The van der Waals surface area contributed by atoms with E-state index in [-0.39, 0.29) is 5.91 Å². The van der Waals surface area contributed by atoms with Crippen LogP contribution in [0.3, 0.4) is 0 Å². The molecule has 3 rings (SSSR count). The quantitative estimate of drug-likeness (QED) is 0.609. The van der Waals surface area contributed by atoms with Gasteiger partial charge in [-0.15, -0.1) is 0 Å². The maximum atomic E-state index is 12.4. The number of benzene rings is 2. The van der Waals surface area contributed by atoms with Gasteiger partial charge >= 0.3 is 0 Å². The third-order valence-electron chi connectivity index (χ3n) is 4.30. The number of halogens is 1.